The molecule has 0 saturated heterocycles. The molecule has 0 bridgehead atoms. The number of nitrogens with one attached hydrogen (secondary N) is 1. The van der Waals surface area contributed by atoms with E-state index in [9.17, 15) is 17.6 Å². The summed E-state index contributed by atoms with van der Waals surface area (Å²) in [5.74, 6) is -1.22. The SMILES string of the molecule is CCCCCC(NC)c1ccc(F)c(C(F)(F)F)c1. The number of benzene rings is 1. The molecule has 0 aliphatic rings. The van der Waals surface area contributed by atoms with Crippen LogP contribution < -0.4 is 5.32 Å². The van der Waals surface area contributed by atoms with Crippen LogP contribution >= 0.6 is 0 Å². The summed E-state index contributed by atoms with van der Waals surface area (Å²) in [7, 11) is 1.70. The predicted molar refractivity (Wildman–Crippen MR) is 67.3 cm³/mol. The minimum absolute atomic E-state index is 0.173. The summed E-state index contributed by atoms with van der Waals surface area (Å²) in [6.07, 6.45) is -0.894. The van der Waals surface area contributed by atoms with Gasteiger partial charge in [-0.15, -0.1) is 0 Å². The molecule has 0 radical (unpaired) electrons. The van der Waals surface area contributed by atoms with Crippen LogP contribution in [0.25, 0.3) is 0 Å². The number of alkyl halides is 3. The Bertz CT molecular complexity index is 401. The Balaban J connectivity index is 2.93. The molecule has 1 N–H and O–H groups in total. The van der Waals surface area contributed by atoms with Gasteiger partial charge < -0.3 is 5.32 Å². The number of rotatable bonds is 6. The lowest BCUT2D eigenvalue weighted by molar-refractivity contribution is -0.140. The van der Waals surface area contributed by atoms with Gasteiger partial charge in [0.15, 0.2) is 0 Å². The molecule has 0 heterocycles. The van der Waals surface area contributed by atoms with E-state index in [1.807, 2.05) is 0 Å². The Labute approximate surface area is 111 Å². The van der Waals surface area contributed by atoms with Crippen molar-refractivity contribution in [1.82, 2.24) is 5.32 Å². The molecule has 0 aromatic heterocycles. The van der Waals surface area contributed by atoms with E-state index in [4.69, 9.17) is 0 Å². The molecule has 1 aromatic rings. The fraction of sp³-hybridized carbons (Fsp3) is 0.571. The van der Waals surface area contributed by atoms with Crippen LogP contribution in [-0.4, -0.2) is 7.05 Å². The van der Waals surface area contributed by atoms with Gasteiger partial charge >= 0.3 is 6.18 Å². The fourth-order valence-electron chi connectivity index (χ4n) is 2.05. The smallest absolute Gasteiger partial charge is 0.313 e. The summed E-state index contributed by atoms with van der Waals surface area (Å²) in [5.41, 5.74) is -0.715. The predicted octanol–water partition coefficient (Wildman–Crippen LogP) is 4.69. The number of halogens is 4. The summed E-state index contributed by atoms with van der Waals surface area (Å²) in [6, 6.07) is 3.04. The minimum atomic E-state index is -4.65. The topological polar surface area (TPSA) is 12.0 Å². The largest absolute Gasteiger partial charge is 0.419 e. The van der Waals surface area contributed by atoms with Crippen LogP contribution in [0.4, 0.5) is 17.6 Å². The first-order chi connectivity index (χ1) is 8.90. The quantitative estimate of drug-likeness (QED) is 0.588. The summed E-state index contributed by atoms with van der Waals surface area (Å²) >= 11 is 0. The van der Waals surface area contributed by atoms with Crippen LogP contribution in [0.15, 0.2) is 18.2 Å². The standard InChI is InChI=1S/C14H19F4N/c1-3-4-5-6-13(19-2)10-7-8-12(15)11(9-10)14(16,17)18/h7-9,13,19H,3-6H2,1-2H3. The van der Waals surface area contributed by atoms with Gasteiger partial charge in [0, 0.05) is 6.04 Å². The summed E-state index contributed by atoms with van der Waals surface area (Å²) in [5, 5.41) is 2.99. The molecule has 0 amide bonds. The van der Waals surface area contributed by atoms with Gasteiger partial charge in [-0.3, -0.25) is 0 Å². The highest BCUT2D eigenvalue weighted by Gasteiger charge is 2.34. The maximum Gasteiger partial charge on any atom is 0.419 e. The highest BCUT2D eigenvalue weighted by Crippen LogP contribution is 2.33. The lowest BCUT2D eigenvalue weighted by atomic mass is 9.98. The number of hydrogen-bond acceptors (Lipinski definition) is 1. The minimum Gasteiger partial charge on any atom is -0.313 e. The maximum absolute atomic E-state index is 13.2. The van der Waals surface area contributed by atoms with Crippen LogP contribution in [0.2, 0.25) is 0 Å². The Hall–Kier alpha value is -1.10. The van der Waals surface area contributed by atoms with Gasteiger partial charge in [0.25, 0.3) is 0 Å². The molecule has 108 valence electrons. The van der Waals surface area contributed by atoms with Crippen molar-refractivity contribution in [2.24, 2.45) is 0 Å². The van der Waals surface area contributed by atoms with Gasteiger partial charge in [-0.2, -0.15) is 13.2 Å². The van der Waals surface area contributed by atoms with Crippen LogP contribution in [0.5, 0.6) is 0 Å². The zero-order valence-corrected chi connectivity index (χ0v) is 11.1. The molecular formula is C14H19F4N. The molecule has 1 rings (SSSR count). The van der Waals surface area contributed by atoms with E-state index in [1.165, 1.54) is 6.07 Å². The van der Waals surface area contributed by atoms with Crippen molar-refractivity contribution in [3.05, 3.63) is 35.1 Å². The Morgan fingerprint density at radius 3 is 2.42 bits per heavy atom. The van der Waals surface area contributed by atoms with E-state index in [2.05, 4.69) is 12.2 Å². The second-order valence-corrected chi connectivity index (χ2v) is 4.57. The van der Waals surface area contributed by atoms with Crippen molar-refractivity contribution in [1.29, 1.82) is 0 Å². The number of hydrogen-bond donors (Lipinski definition) is 1. The third-order valence-electron chi connectivity index (χ3n) is 3.14. The molecule has 19 heavy (non-hydrogen) atoms. The Morgan fingerprint density at radius 2 is 1.89 bits per heavy atom. The third kappa shape index (κ3) is 4.49. The van der Waals surface area contributed by atoms with Crippen LogP contribution in [-0.2, 0) is 6.18 Å². The van der Waals surface area contributed by atoms with Crippen molar-refractivity contribution in [2.45, 2.75) is 44.8 Å². The van der Waals surface area contributed by atoms with Gasteiger partial charge in [0.1, 0.15) is 5.82 Å². The average Bonchev–Trinajstić information content (AvgIpc) is 2.34. The van der Waals surface area contributed by atoms with E-state index < -0.39 is 17.6 Å². The first kappa shape index (κ1) is 16.0. The van der Waals surface area contributed by atoms with Crippen LogP contribution in [0, 0.1) is 5.82 Å². The summed E-state index contributed by atoms with van der Waals surface area (Å²) in [6.45, 7) is 2.06. The zero-order valence-electron chi connectivity index (χ0n) is 11.1. The first-order valence-electron chi connectivity index (χ1n) is 6.44. The molecule has 0 aliphatic heterocycles. The van der Waals surface area contributed by atoms with E-state index in [-0.39, 0.29) is 6.04 Å². The molecule has 1 aromatic carbocycles. The first-order valence-corrected chi connectivity index (χ1v) is 6.44. The molecule has 5 heteroatoms. The van der Waals surface area contributed by atoms with E-state index >= 15 is 0 Å². The lowest BCUT2D eigenvalue weighted by Gasteiger charge is -2.18. The summed E-state index contributed by atoms with van der Waals surface area (Å²) in [4.78, 5) is 0. The molecule has 1 atom stereocenters. The van der Waals surface area contributed by atoms with Crippen LogP contribution in [0.3, 0.4) is 0 Å². The van der Waals surface area contributed by atoms with Gasteiger partial charge in [0.05, 0.1) is 5.56 Å². The molecule has 0 aliphatic carbocycles. The van der Waals surface area contributed by atoms with Crippen molar-refractivity contribution in [3.8, 4) is 0 Å². The summed E-state index contributed by atoms with van der Waals surface area (Å²) < 4.78 is 51.1. The molecular weight excluding hydrogens is 258 g/mol. The molecule has 1 unspecified atom stereocenters. The molecule has 0 fully saturated rings. The van der Waals surface area contributed by atoms with Crippen molar-refractivity contribution in [2.75, 3.05) is 7.05 Å². The van der Waals surface area contributed by atoms with Crippen molar-refractivity contribution >= 4 is 0 Å². The van der Waals surface area contributed by atoms with Gasteiger partial charge in [-0.25, -0.2) is 4.39 Å². The van der Waals surface area contributed by atoms with Gasteiger partial charge in [-0.05, 0) is 31.2 Å². The zero-order chi connectivity index (χ0) is 14.5. The maximum atomic E-state index is 13.2. The average molecular weight is 277 g/mol. The van der Waals surface area contributed by atoms with Gasteiger partial charge in [0.2, 0.25) is 0 Å². The third-order valence-corrected chi connectivity index (χ3v) is 3.14. The fourth-order valence-corrected chi connectivity index (χ4v) is 2.05. The molecule has 0 saturated carbocycles. The van der Waals surface area contributed by atoms with Crippen LogP contribution in [0.1, 0.15) is 49.8 Å². The number of unbranched alkanes of at least 4 members (excludes halogenated alkanes) is 2. The van der Waals surface area contributed by atoms with Crippen molar-refractivity contribution < 1.29 is 17.6 Å². The normalized spacial score (nSPS) is 13.6. The van der Waals surface area contributed by atoms with E-state index in [0.29, 0.717) is 5.56 Å². The van der Waals surface area contributed by atoms with Crippen molar-refractivity contribution in [3.63, 3.8) is 0 Å². The molecule has 0 spiro atoms. The second-order valence-electron chi connectivity index (χ2n) is 4.57. The molecule has 1 nitrogen and oxygen atoms in total. The van der Waals surface area contributed by atoms with Gasteiger partial charge in [-0.1, -0.05) is 32.3 Å². The van der Waals surface area contributed by atoms with E-state index in [1.54, 1.807) is 7.05 Å². The Kier molecular flexibility index (Phi) is 5.79. The lowest BCUT2D eigenvalue weighted by Crippen LogP contribution is -2.18. The monoisotopic (exact) mass is 277 g/mol. The highest BCUT2D eigenvalue weighted by molar-refractivity contribution is 5.29. The second kappa shape index (κ2) is 6.89. The highest BCUT2D eigenvalue weighted by atomic mass is 19.4. The van der Waals surface area contributed by atoms with E-state index in [0.717, 1.165) is 37.8 Å². The Morgan fingerprint density at radius 1 is 1.21 bits per heavy atom.